The van der Waals surface area contributed by atoms with Crippen molar-refractivity contribution in [2.75, 3.05) is 0 Å². The van der Waals surface area contributed by atoms with Gasteiger partial charge in [-0.05, 0) is 40.4 Å². The molecule has 6 heteroatoms. The fraction of sp³-hybridized carbons (Fsp3) is 0.154. The molecule has 0 bridgehead atoms. The molecule has 0 aliphatic heterocycles. The Labute approximate surface area is 191 Å². The van der Waals surface area contributed by atoms with E-state index in [1.807, 2.05) is 81.4 Å². The molecule has 0 atom stereocenters. The average molecular weight is 439 g/mol. The van der Waals surface area contributed by atoms with Gasteiger partial charge in [0.15, 0.2) is 0 Å². The van der Waals surface area contributed by atoms with Crippen LogP contribution >= 0.6 is 11.5 Å². The fourth-order valence-corrected chi connectivity index (χ4v) is 4.19. The summed E-state index contributed by atoms with van der Waals surface area (Å²) in [4.78, 5) is 13.2. The van der Waals surface area contributed by atoms with E-state index in [0.29, 0.717) is 22.4 Å². The van der Waals surface area contributed by atoms with Crippen LogP contribution in [0.1, 0.15) is 36.7 Å². The maximum Gasteiger partial charge on any atom is 0.257 e. The van der Waals surface area contributed by atoms with Crippen molar-refractivity contribution in [3.8, 4) is 17.2 Å². The zero-order valence-electron chi connectivity index (χ0n) is 18.1. The number of rotatable bonds is 4. The molecular weight excluding hydrogens is 416 g/mol. The van der Waals surface area contributed by atoms with Gasteiger partial charge in [-0.3, -0.25) is 4.79 Å². The first kappa shape index (κ1) is 21.4. The molecule has 0 radical (unpaired) electrons. The van der Waals surface area contributed by atoms with Gasteiger partial charge in [-0.25, -0.2) is 0 Å². The number of carbonyl (C=O) groups is 1. The van der Waals surface area contributed by atoms with Crippen LogP contribution in [-0.4, -0.2) is 15.5 Å². The summed E-state index contributed by atoms with van der Waals surface area (Å²) in [7, 11) is 0. The summed E-state index contributed by atoms with van der Waals surface area (Å²) in [5.41, 5.74) is 4.67. The molecule has 1 amide bonds. The molecule has 0 saturated heterocycles. The number of carbonyl (C=O) groups excluding carboxylic acids is 1. The van der Waals surface area contributed by atoms with Gasteiger partial charge in [0.1, 0.15) is 11.6 Å². The summed E-state index contributed by atoms with van der Waals surface area (Å²) in [5, 5.41) is 17.1. The Morgan fingerprint density at radius 1 is 0.938 bits per heavy atom. The summed E-state index contributed by atoms with van der Waals surface area (Å²) in [5.74, 6) is -0.278. The molecule has 5 nitrogen and oxygen atoms in total. The minimum absolute atomic E-state index is 0.278. The van der Waals surface area contributed by atoms with Crippen LogP contribution in [0.2, 0.25) is 0 Å². The highest BCUT2D eigenvalue weighted by Crippen LogP contribution is 2.32. The molecular formula is C26H22N4OS. The van der Waals surface area contributed by atoms with E-state index in [1.54, 1.807) is 12.1 Å². The van der Waals surface area contributed by atoms with Crippen molar-refractivity contribution in [2.24, 2.45) is 5.41 Å². The number of hydrogen-bond donors (Lipinski definition) is 1. The van der Waals surface area contributed by atoms with E-state index in [2.05, 4.69) is 21.0 Å². The van der Waals surface area contributed by atoms with Gasteiger partial charge in [0.2, 0.25) is 0 Å². The van der Waals surface area contributed by atoms with Crippen LogP contribution in [0.25, 0.3) is 26.9 Å². The molecule has 1 N–H and O–H groups in total. The Bertz CT molecular complexity index is 1340. The molecule has 0 fully saturated rings. The normalized spacial score (nSPS) is 12.2. The van der Waals surface area contributed by atoms with Gasteiger partial charge < -0.3 is 5.32 Å². The van der Waals surface area contributed by atoms with Gasteiger partial charge in [-0.1, -0.05) is 85.9 Å². The van der Waals surface area contributed by atoms with Crippen molar-refractivity contribution in [3.05, 3.63) is 89.6 Å². The Morgan fingerprint density at radius 3 is 2.28 bits per heavy atom. The SMILES string of the molecule is CC(C)(C)C(NC(=O)c1cccc2nnsc12)=C(C#N)c1ccc(-c2ccccc2)cc1. The second-order valence-electron chi connectivity index (χ2n) is 8.44. The molecule has 3 aromatic carbocycles. The van der Waals surface area contributed by atoms with Crippen LogP contribution in [-0.2, 0) is 0 Å². The lowest BCUT2D eigenvalue weighted by Crippen LogP contribution is -2.31. The molecule has 1 aromatic heterocycles. The first-order valence-corrected chi connectivity index (χ1v) is 11.0. The third-order valence-corrected chi connectivity index (χ3v) is 5.93. The Kier molecular flexibility index (Phi) is 5.85. The van der Waals surface area contributed by atoms with E-state index in [9.17, 15) is 10.1 Å². The first-order chi connectivity index (χ1) is 15.4. The average Bonchev–Trinajstić information content (AvgIpc) is 3.28. The number of hydrogen-bond acceptors (Lipinski definition) is 5. The highest BCUT2D eigenvalue weighted by Gasteiger charge is 2.26. The Hall–Kier alpha value is -3.82. The summed E-state index contributed by atoms with van der Waals surface area (Å²) in [6.07, 6.45) is 0. The van der Waals surface area contributed by atoms with Gasteiger partial charge in [-0.2, -0.15) is 5.26 Å². The molecule has 0 spiro atoms. The van der Waals surface area contributed by atoms with Crippen molar-refractivity contribution in [1.82, 2.24) is 14.9 Å². The van der Waals surface area contributed by atoms with E-state index in [0.717, 1.165) is 21.4 Å². The third-order valence-electron chi connectivity index (χ3n) is 5.15. The highest BCUT2D eigenvalue weighted by molar-refractivity contribution is 7.13. The lowest BCUT2D eigenvalue weighted by Gasteiger charge is -2.25. The minimum atomic E-state index is -0.460. The monoisotopic (exact) mass is 438 g/mol. The van der Waals surface area contributed by atoms with Crippen LogP contribution in [0.4, 0.5) is 0 Å². The topological polar surface area (TPSA) is 78.7 Å². The first-order valence-electron chi connectivity index (χ1n) is 10.2. The highest BCUT2D eigenvalue weighted by atomic mass is 32.1. The number of aromatic nitrogens is 2. The van der Waals surface area contributed by atoms with Gasteiger partial charge in [0.25, 0.3) is 5.91 Å². The van der Waals surface area contributed by atoms with Crippen molar-refractivity contribution in [2.45, 2.75) is 20.8 Å². The van der Waals surface area contributed by atoms with Gasteiger partial charge in [0.05, 0.1) is 15.8 Å². The third kappa shape index (κ3) is 4.29. The smallest absolute Gasteiger partial charge is 0.257 e. The molecule has 1 heterocycles. The van der Waals surface area contributed by atoms with E-state index in [-0.39, 0.29) is 5.91 Å². The largest absolute Gasteiger partial charge is 0.324 e. The second-order valence-corrected chi connectivity index (χ2v) is 9.19. The number of allylic oxidation sites excluding steroid dienone is 2. The van der Waals surface area contributed by atoms with E-state index in [4.69, 9.17) is 0 Å². The number of nitriles is 1. The van der Waals surface area contributed by atoms with Crippen LogP contribution in [0.5, 0.6) is 0 Å². The number of fused-ring (bicyclic) bond motifs is 1. The molecule has 158 valence electrons. The summed E-state index contributed by atoms with van der Waals surface area (Å²) >= 11 is 1.18. The molecule has 0 aliphatic carbocycles. The molecule has 0 unspecified atom stereocenters. The summed E-state index contributed by atoms with van der Waals surface area (Å²) in [6.45, 7) is 5.94. The van der Waals surface area contributed by atoms with Crippen molar-refractivity contribution in [1.29, 1.82) is 5.26 Å². The van der Waals surface area contributed by atoms with Gasteiger partial charge in [-0.15, -0.1) is 5.10 Å². The van der Waals surface area contributed by atoms with Crippen LogP contribution in [0.15, 0.2) is 78.5 Å². The summed E-state index contributed by atoms with van der Waals surface area (Å²) < 4.78 is 4.68. The molecule has 0 aliphatic rings. The maximum atomic E-state index is 13.2. The molecule has 4 rings (SSSR count). The maximum absolute atomic E-state index is 13.2. The van der Waals surface area contributed by atoms with Crippen LogP contribution < -0.4 is 5.32 Å². The van der Waals surface area contributed by atoms with E-state index >= 15 is 0 Å². The van der Waals surface area contributed by atoms with Gasteiger partial charge >= 0.3 is 0 Å². The number of amides is 1. The lowest BCUT2D eigenvalue weighted by atomic mass is 9.86. The molecule has 4 aromatic rings. The minimum Gasteiger partial charge on any atom is -0.324 e. The quantitative estimate of drug-likeness (QED) is 0.392. The number of nitrogens with one attached hydrogen (secondary N) is 1. The Morgan fingerprint density at radius 2 is 1.62 bits per heavy atom. The molecule has 32 heavy (non-hydrogen) atoms. The number of benzene rings is 3. The Balaban J connectivity index is 1.73. The predicted molar refractivity (Wildman–Crippen MR) is 129 cm³/mol. The van der Waals surface area contributed by atoms with Gasteiger partial charge in [0, 0.05) is 11.1 Å². The fourth-order valence-electron chi connectivity index (χ4n) is 3.51. The zero-order valence-corrected chi connectivity index (χ0v) is 18.9. The van der Waals surface area contributed by atoms with Crippen molar-refractivity contribution in [3.63, 3.8) is 0 Å². The number of nitrogens with zero attached hydrogens (tertiary/aromatic N) is 3. The van der Waals surface area contributed by atoms with Crippen LogP contribution in [0.3, 0.4) is 0 Å². The van der Waals surface area contributed by atoms with E-state index < -0.39 is 5.41 Å². The standard InChI is InChI=1S/C26H22N4OS/c1-26(2,3)24(28-25(31)20-10-7-11-22-23(20)32-30-29-22)21(16-27)19-14-12-18(13-15-19)17-8-5-4-6-9-17/h4-15H,1-3H3,(H,28,31). The summed E-state index contributed by atoms with van der Waals surface area (Å²) in [6, 6.07) is 25.6. The van der Waals surface area contributed by atoms with Crippen LogP contribution in [0, 0.1) is 16.7 Å². The second kappa shape index (κ2) is 8.74. The van der Waals surface area contributed by atoms with Crippen molar-refractivity contribution < 1.29 is 4.79 Å². The van der Waals surface area contributed by atoms with Crippen molar-refractivity contribution >= 4 is 33.2 Å². The lowest BCUT2D eigenvalue weighted by molar-refractivity contribution is 0.0960. The van der Waals surface area contributed by atoms with E-state index in [1.165, 1.54) is 11.5 Å². The zero-order chi connectivity index (χ0) is 22.7. The molecule has 0 saturated carbocycles. The predicted octanol–water partition coefficient (Wildman–Crippen LogP) is 6.07.